The van der Waals surface area contributed by atoms with Crippen molar-refractivity contribution < 1.29 is 9.53 Å². The molecule has 1 saturated heterocycles. The molecule has 3 heterocycles. The summed E-state index contributed by atoms with van der Waals surface area (Å²) in [6.45, 7) is 4.01. The van der Waals surface area contributed by atoms with Gasteiger partial charge in [-0.25, -0.2) is 9.31 Å². The van der Waals surface area contributed by atoms with Crippen LogP contribution in [0.25, 0.3) is 16.9 Å². The molecule has 0 saturated carbocycles. The minimum absolute atomic E-state index is 0.309. The van der Waals surface area contributed by atoms with E-state index < -0.39 is 0 Å². The summed E-state index contributed by atoms with van der Waals surface area (Å²) in [4.78, 5) is 19.6. The Labute approximate surface area is 232 Å². The summed E-state index contributed by atoms with van der Waals surface area (Å²) in [6, 6.07) is 30.3. The number of nitrogens with one attached hydrogen (secondary N) is 3. The van der Waals surface area contributed by atoms with E-state index in [0.717, 1.165) is 34.9 Å². The zero-order valence-corrected chi connectivity index (χ0v) is 22.1. The average molecular weight is 534 g/mol. The second kappa shape index (κ2) is 11.9. The summed E-state index contributed by atoms with van der Waals surface area (Å²) >= 11 is 0. The molecule has 5 aromatic rings. The molecule has 40 heavy (non-hydrogen) atoms. The third-order valence-corrected chi connectivity index (χ3v) is 6.79. The fourth-order valence-corrected chi connectivity index (χ4v) is 4.81. The number of ether oxygens (including phenoxy) is 1. The summed E-state index contributed by atoms with van der Waals surface area (Å²) in [6.07, 6.45) is 2.58. The number of benzene rings is 3. The Morgan fingerprint density at radius 3 is 2.38 bits per heavy atom. The van der Waals surface area contributed by atoms with Crippen LogP contribution in [0, 0.1) is 0 Å². The standard InChI is InChI=1S/C31H31N7O2/c39-31(33-24-9-2-1-3-10-24)34-26-11-6-8-23(22-26)28-12-7-13-29-35-30(36-38(28)29)32-25-14-16-27(17-15-25)40-21-20-37-18-4-5-19-37/h1-3,6-17,22H,4-5,18-21H2,(H,32,36)(H2,33,34,39). The van der Waals surface area contributed by atoms with Crippen LogP contribution in [0.15, 0.2) is 97.1 Å². The van der Waals surface area contributed by atoms with Crippen molar-refractivity contribution in [2.45, 2.75) is 12.8 Å². The highest BCUT2D eigenvalue weighted by Crippen LogP contribution is 2.25. The van der Waals surface area contributed by atoms with Crippen LogP contribution in [0.1, 0.15) is 12.8 Å². The van der Waals surface area contributed by atoms with Gasteiger partial charge in [0, 0.05) is 29.2 Å². The highest BCUT2D eigenvalue weighted by molar-refractivity contribution is 6.00. The molecule has 3 N–H and O–H groups in total. The van der Waals surface area contributed by atoms with Gasteiger partial charge in [0.05, 0.1) is 5.69 Å². The monoisotopic (exact) mass is 533 g/mol. The maximum absolute atomic E-state index is 12.5. The molecule has 0 atom stereocenters. The molecule has 6 rings (SSSR count). The van der Waals surface area contributed by atoms with Crippen LogP contribution in [0.2, 0.25) is 0 Å². The smallest absolute Gasteiger partial charge is 0.323 e. The van der Waals surface area contributed by atoms with Crippen LogP contribution < -0.4 is 20.7 Å². The van der Waals surface area contributed by atoms with Gasteiger partial charge in [0.1, 0.15) is 12.4 Å². The van der Waals surface area contributed by atoms with Crippen LogP contribution >= 0.6 is 0 Å². The number of fused-ring (bicyclic) bond motifs is 1. The average Bonchev–Trinajstić information content (AvgIpc) is 3.64. The lowest BCUT2D eigenvalue weighted by Gasteiger charge is -2.15. The van der Waals surface area contributed by atoms with E-state index in [1.54, 1.807) is 4.52 Å². The van der Waals surface area contributed by atoms with E-state index in [4.69, 9.17) is 9.84 Å². The summed E-state index contributed by atoms with van der Waals surface area (Å²) in [5.41, 5.74) is 4.73. The number of urea groups is 1. The number of pyridine rings is 1. The van der Waals surface area contributed by atoms with Gasteiger partial charge in [-0.2, -0.15) is 4.98 Å². The van der Waals surface area contributed by atoms with Crippen molar-refractivity contribution in [3.05, 3.63) is 97.1 Å². The Morgan fingerprint density at radius 2 is 1.55 bits per heavy atom. The minimum atomic E-state index is -0.309. The van der Waals surface area contributed by atoms with E-state index in [1.165, 1.54) is 25.9 Å². The Morgan fingerprint density at radius 1 is 0.800 bits per heavy atom. The molecule has 202 valence electrons. The van der Waals surface area contributed by atoms with Crippen molar-refractivity contribution in [2.24, 2.45) is 0 Å². The van der Waals surface area contributed by atoms with Gasteiger partial charge in [-0.05, 0) is 86.6 Å². The molecule has 3 aromatic carbocycles. The zero-order chi connectivity index (χ0) is 27.1. The Hall–Kier alpha value is -4.89. The van der Waals surface area contributed by atoms with Gasteiger partial charge in [0.2, 0.25) is 5.95 Å². The number of aromatic nitrogens is 3. The molecule has 9 heteroatoms. The molecule has 0 bridgehead atoms. The molecule has 9 nitrogen and oxygen atoms in total. The van der Waals surface area contributed by atoms with Gasteiger partial charge >= 0.3 is 6.03 Å². The van der Waals surface area contributed by atoms with Gasteiger partial charge in [0.25, 0.3) is 0 Å². The third-order valence-electron chi connectivity index (χ3n) is 6.79. The molecule has 2 aromatic heterocycles. The van der Waals surface area contributed by atoms with Gasteiger partial charge in [0.15, 0.2) is 5.65 Å². The predicted octanol–water partition coefficient (Wildman–Crippen LogP) is 6.26. The molecule has 1 fully saturated rings. The first kappa shape index (κ1) is 25.4. The van der Waals surface area contributed by atoms with E-state index in [9.17, 15) is 4.79 Å². The van der Waals surface area contributed by atoms with E-state index in [1.807, 2.05) is 97.1 Å². The second-order valence-corrected chi connectivity index (χ2v) is 9.69. The molecule has 0 aliphatic carbocycles. The number of likely N-dealkylation sites (tertiary alicyclic amines) is 1. The molecular formula is C31H31N7O2. The lowest BCUT2D eigenvalue weighted by Crippen LogP contribution is -2.25. The highest BCUT2D eigenvalue weighted by Gasteiger charge is 2.12. The minimum Gasteiger partial charge on any atom is -0.492 e. The van der Waals surface area contributed by atoms with Crippen LogP contribution in [-0.2, 0) is 0 Å². The zero-order valence-electron chi connectivity index (χ0n) is 22.1. The van der Waals surface area contributed by atoms with Crippen molar-refractivity contribution in [3.63, 3.8) is 0 Å². The first-order valence-corrected chi connectivity index (χ1v) is 13.5. The van der Waals surface area contributed by atoms with E-state index in [0.29, 0.717) is 23.9 Å². The molecule has 1 aliphatic rings. The fourth-order valence-electron chi connectivity index (χ4n) is 4.81. The first-order chi connectivity index (χ1) is 19.7. The number of hydrogen-bond donors (Lipinski definition) is 3. The molecule has 0 spiro atoms. The molecule has 0 radical (unpaired) electrons. The largest absolute Gasteiger partial charge is 0.492 e. The SMILES string of the molecule is O=C(Nc1ccccc1)Nc1cccc(-c2cccc3nc(Nc4ccc(OCCN5CCCC5)cc4)nn23)c1. The Balaban J connectivity index is 1.12. The van der Waals surface area contributed by atoms with Gasteiger partial charge < -0.3 is 20.7 Å². The molecular weight excluding hydrogens is 502 g/mol. The summed E-state index contributed by atoms with van der Waals surface area (Å²) in [5, 5.41) is 13.7. The van der Waals surface area contributed by atoms with Gasteiger partial charge in [-0.3, -0.25) is 4.90 Å². The first-order valence-electron chi connectivity index (χ1n) is 13.5. The summed E-state index contributed by atoms with van der Waals surface area (Å²) in [5.74, 6) is 1.34. The topological polar surface area (TPSA) is 95.8 Å². The summed E-state index contributed by atoms with van der Waals surface area (Å²) < 4.78 is 7.71. The predicted molar refractivity (Wildman–Crippen MR) is 158 cm³/mol. The number of para-hydroxylation sites is 1. The van der Waals surface area contributed by atoms with Gasteiger partial charge in [-0.15, -0.1) is 5.10 Å². The van der Waals surface area contributed by atoms with E-state index >= 15 is 0 Å². The number of carbonyl (C=O) groups excluding carboxylic acids is 1. The van der Waals surface area contributed by atoms with Gasteiger partial charge in [-0.1, -0.05) is 36.4 Å². The number of nitrogens with zero attached hydrogens (tertiary/aromatic N) is 4. The van der Waals surface area contributed by atoms with Crippen molar-refractivity contribution in [1.29, 1.82) is 0 Å². The normalized spacial score (nSPS) is 13.3. The van der Waals surface area contributed by atoms with Crippen LogP contribution in [0.5, 0.6) is 5.75 Å². The van der Waals surface area contributed by atoms with Crippen LogP contribution in [0.3, 0.4) is 0 Å². The Bertz CT molecular complexity index is 1580. The number of anilines is 4. The lowest BCUT2D eigenvalue weighted by atomic mass is 10.1. The van der Waals surface area contributed by atoms with Crippen LogP contribution in [0.4, 0.5) is 27.8 Å². The lowest BCUT2D eigenvalue weighted by molar-refractivity contribution is 0.238. The number of rotatable bonds is 9. The van der Waals surface area contributed by atoms with Crippen molar-refractivity contribution in [2.75, 3.05) is 42.2 Å². The molecule has 0 unspecified atom stereocenters. The molecule has 2 amide bonds. The second-order valence-electron chi connectivity index (χ2n) is 9.69. The van der Waals surface area contributed by atoms with E-state index in [2.05, 4.69) is 25.8 Å². The quantitative estimate of drug-likeness (QED) is 0.207. The van der Waals surface area contributed by atoms with Crippen LogP contribution in [-0.4, -0.2) is 51.8 Å². The number of hydrogen-bond acceptors (Lipinski definition) is 6. The maximum atomic E-state index is 12.5. The van der Waals surface area contributed by atoms with Crippen molar-refractivity contribution >= 4 is 34.7 Å². The third kappa shape index (κ3) is 6.22. The maximum Gasteiger partial charge on any atom is 0.323 e. The van der Waals surface area contributed by atoms with Crippen molar-refractivity contribution in [1.82, 2.24) is 19.5 Å². The highest BCUT2D eigenvalue weighted by atomic mass is 16.5. The molecule has 1 aliphatic heterocycles. The fraction of sp³-hybridized carbons (Fsp3) is 0.194. The van der Waals surface area contributed by atoms with Crippen molar-refractivity contribution in [3.8, 4) is 17.0 Å². The number of carbonyl (C=O) groups is 1. The Kier molecular flexibility index (Phi) is 7.54. The summed E-state index contributed by atoms with van der Waals surface area (Å²) in [7, 11) is 0. The number of amides is 2. The van der Waals surface area contributed by atoms with E-state index in [-0.39, 0.29) is 6.03 Å².